The van der Waals surface area contributed by atoms with Crippen molar-refractivity contribution in [3.63, 3.8) is 0 Å². The molecule has 8 nitrogen and oxygen atoms in total. The van der Waals surface area contributed by atoms with Gasteiger partial charge in [0.15, 0.2) is 5.82 Å². The van der Waals surface area contributed by atoms with E-state index in [1.165, 1.54) is 0 Å². The summed E-state index contributed by atoms with van der Waals surface area (Å²) >= 11 is 0. The van der Waals surface area contributed by atoms with Crippen LogP contribution in [0, 0.1) is 0 Å². The van der Waals surface area contributed by atoms with E-state index in [0.717, 1.165) is 0 Å². The van der Waals surface area contributed by atoms with Crippen LogP contribution in [0.4, 0.5) is 10.6 Å². The molecule has 0 spiro atoms. The van der Waals surface area contributed by atoms with Gasteiger partial charge in [0.25, 0.3) is 0 Å². The molecule has 1 N–H and O–H groups in total. The highest BCUT2D eigenvalue weighted by atomic mass is 16.5. The number of aromatic nitrogens is 4. The Balaban J connectivity index is 1.77. The van der Waals surface area contributed by atoms with Crippen molar-refractivity contribution in [1.29, 1.82) is 0 Å². The van der Waals surface area contributed by atoms with Gasteiger partial charge in [0.1, 0.15) is 17.8 Å². The highest BCUT2D eigenvalue weighted by molar-refractivity contribution is 5.88. The lowest BCUT2D eigenvalue weighted by atomic mass is 10.3. The number of rotatable bonds is 3. The lowest BCUT2D eigenvalue weighted by Gasteiger charge is -2.26. The van der Waals surface area contributed by atoms with E-state index in [0.29, 0.717) is 43.6 Å². The Morgan fingerprint density at radius 2 is 2.09 bits per heavy atom. The van der Waals surface area contributed by atoms with E-state index >= 15 is 0 Å². The Bertz CT molecular complexity index is 678. The van der Waals surface area contributed by atoms with E-state index in [1.54, 1.807) is 17.3 Å². The molecule has 1 aliphatic heterocycles. The summed E-state index contributed by atoms with van der Waals surface area (Å²) in [7, 11) is 0. The zero-order valence-corrected chi connectivity index (χ0v) is 13.3. The number of nitrogens with one attached hydrogen (secondary N) is 1. The van der Waals surface area contributed by atoms with Crippen LogP contribution in [0.25, 0.3) is 11.5 Å². The molecule has 23 heavy (non-hydrogen) atoms. The highest BCUT2D eigenvalue weighted by Gasteiger charge is 2.18. The number of urea groups is 1. The summed E-state index contributed by atoms with van der Waals surface area (Å²) in [5.41, 5.74) is 0.677. The minimum atomic E-state index is -0.164. The zero-order valence-electron chi connectivity index (χ0n) is 13.3. The van der Waals surface area contributed by atoms with Crippen molar-refractivity contribution in [3.8, 4) is 11.5 Å². The maximum Gasteiger partial charge on any atom is 0.323 e. The first-order valence-electron chi connectivity index (χ1n) is 7.66. The van der Waals surface area contributed by atoms with Gasteiger partial charge in [-0.25, -0.2) is 9.78 Å². The molecule has 2 aromatic rings. The number of nitrogens with zero attached hydrogens (tertiary/aromatic N) is 5. The Morgan fingerprint density at radius 3 is 2.83 bits per heavy atom. The summed E-state index contributed by atoms with van der Waals surface area (Å²) in [5, 5.41) is 10.9. The molecule has 2 aromatic heterocycles. The molecule has 0 bridgehead atoms. The average Bonchev–Trinajstić information content (AvgIpc) is 3.06. The summed E-state index contributed by atoms with van der Waals surface area (Å²) in [4.78, 5) is 18.4. The van der Waals surface area contributed by atoms with Crippen molar-refractivity contribution in [2.45, 2.75) is 19.9 Å². The number of carbonyl (C=O) groups is 1. The van der Waals surface area contributed by atoms with Gasteiger partial charge in [-0.05, 0) is 26.0 Å². The monoisotopic (exact) mass is 316 g/mol. The van der Waals surface area contributed by atoms with Gasteiger partial charge in [-0.15, -0.1) is 10.2 Å². The Morgan fingerprint density at radius 1 is 1.30 bits per heavy atom. The van der Waals surface area contributed by atoms with Crippen LogP contribution >= 0.6 is 0 Å². The number of anilines is 1. The van der Waals surface area contributed by atoms with Gasteiger partial charge in [-0.1, -0.05) is 6.07 Å². The number of carbonyl (C=O) groups excluding carboxylic acids is 1. The van der Waals surface area contributed by atoms with Gasteiger partial charge in [-0.3, -0.25) is 5.32 Å². The zero-order chi connectivity index (χ0) is 16.2. The van der Waals surface area contributed by atoms with E-state index in [1.807, 2.05) is 16.7 Å². The molecule has 0 radical (unpaired) electrons. The van der Waals surface area contributed by atoms with Crippen molar-refractivity contribution < 1.29 is 9.53 Å². The first-order valence-corrected chi connectivity index (χ1v) is 7.66. The molecule has 1 aliphatic rings. The molecule has 0 atom stereocenters. The minimum absolute atomic E-state index is 0.164. The van der Waals surface area contributed by atoms with Crippen LogP contribution < -0.4 is 5.32 Å². The highest BCUT2D eigenvalue weighted by Crippen LogP contribution is 2.19. The summed E-state index contributed by atoms with van der Waals surface area (Å²) in [5.74, 6) is 1.18. The number of hydrogen-bond donors (Lipinski definition) is 1. The van der Waals surface area contributed by atoms with Crippen LogP contribution in [-0.4, -0.2) is 57.0 Å². The quantitative estimate of drug-likeness (QED) is 0.933. The first-order chi connectivity index (χ1) is 11.1. The predicted octanol–water partition coefficient (Wildman–Crippen LogP) is 1.79. The fourth-order valence-electron chi connectivity index (χ4n) is 2.39. The topological polar surface area (TPSA) is 85.2 Å². The Kier molecular flexibility index (Phi) is 4.52. The third-order valence-corrected chi connectivity index (χ3v) is 3.64. The van der Waals surface area contributed by atoms with Gasteiger partial charge in [0, 0.05) is 19.1 Å². The first kappa shape index (κ1) is 15.4. The van der Waals surface area contributed by atoms with Crippen LogP contribution in [0.5, 0.6) is 0 Å². The maximum absolute atomic E-state index is 12.2. The second-order valence-electron chi connectivity index (χ2n) is 5.59. The van der Waals surface area contributed by atoms with E-state index in [2.05, 4.69) is 34.3 Å². The third-order valence-electron chi connectivity index (χ3n) is 3.64. The number of morpholine rings is 1. The van der Waals surface area contributed by atoms with Crippen LogP contribution in [0.2, 0.25) is 0 Å². The van der Waals surface area contributed by atoms with Crippen LogP contribution in [0.3, 0.4) is 0 Å². The normalized spacial score (nSPS) is 15.0. The molecule has 3 rings (SSSR count). The van der Waals surface area contributed by atoms with Gasteiger partial charge in [0.05, 0.1) is 13.2 Å². The van der Waals surface area contributed by atoms with E-state index < -0.39 is 0 Å². The number of amides is 2. The SMILES string of the molecule is CC(C)n1cnnc1-c1cccc(NC(=O)N2CCOCC2)n1. The van der Waals surface area contributed by atoms with Crippen LogP contribution in [-0.2, 0) is 4.74 Å². The summed E-state index contributed by atoms with van der Waals surface area (Å²) in [6.45, 7) is 6.42. The maximum atomic E-state index is 12.2. The molecular formula is C15H20N6O2. The number of ether oxygens (including phenoxy) is 1. The second-order valence-corrected chi connectivity index (χ2v) is 5.59. The van der Waals surface area contributed by atoms with Gasteiger partial charge in [0.2, 0.25) is 0 Å². The minimum Gasteiger partial charge on any atom is -0.378 e. The molecule has 0 aromatic carbocycles. The third kappa shape index (κ3) is 3.48. The molecule has 8 heteroatoms. The van der Waals surface area contributed by atoms with Crippen molar-refractivity contribution in [2.75, 3.05) is 31.6 Å². The molecule has 122 valence electrons. The largest absolute Gasteiger partial charge is 0.378 e. The standard InChI is InChI=1S/C15H20N6O2/c1-11(2)21-10-16-19-14(21)12-4-3-5-13(17-12)18-15(22)20-6-8-23-9-7-20/h3-5,10-11H,6-9H2,1-2H3,(H,17,18,22). The van der Waals surface area contributed by atoms with Crippen molar-refractivity contribution in [2.24, 2.45) is 0 Å². The molecule has 2 amide bonds. The summed E-state index contributed by atoms with van der Waals surface area (Å²) in [6, 6.07) is 5.53. The van der Waals surface area contributed by atoms with Crippen molar-refractivity contribution in [1.82, 2.24) is 24.6 Å². The van der Waals surface area contributed by atoms with Gasteiger partial charge >= 0.3 is 6.03 Å². The van der Waals surface area contributed by atoms with Crippen molar-refractivity contribution >= 4 is 11.8 Å². The molecule has 0 unspecified atom stereocenters. The van der Waals surface area contributed by atoms with Gasteiger partial charge < -0.3 is 14.2 Å². The fraction of sp³-hybridized carbons (Fsp3) is 0.467. The Labute approximate surface area is 134 Å². The average molecular weight is 316 g/mol. The van der Waals surface area contributed by atoms with Crippen molar-refractivity contribution in [3.05, 3.63) is 24.5 Å². The smallest absolute Gasteiger partial charge is 0.323 e. The predicted molar refractivity (Wildman–Crippen MR) is 85.0 cm³/mol. The number of pyridine rings is 1. The lowest BCUT2D eigenvalue weighted by Crippen LogP contribution is -2.43. The fourth-order valence-corrected chi connectivity index (χ4v) is 2.39. The summed E-state index contributed by atoms with van der Waals surface area (Å²) < 4.78 is 7.19. The van der Waals surface area contributed by atoms with E-state index in [9.17, 15) is 4.79 Å². The molecule has 1 saturated heterocycles. The Hall–Kier alpha value is -2.48. The van der Waals surface area contributed by atoms with Crippen LogP contribution in [0.1, 0.15) is 19.9 Å². The molecule has 0 aliphatic carbocycles. The molecule has 3 heterocycles. The lowest BCUT2D eigenvalue weighted by molar-refractivity contribution is 0.0564. The molecular weight excluding hydrogens is 296 g/mol. The summed E-state index contributed by atoms with van der Waals surface area (Å²) in [6.07, 6.45) is 1.68. The second kappa shape index (κ2) is 6.74. The van der Waals surface area contributed by atoms with Gasteiger partial charge in [-0.2, -0.15) is 0 Å². The van der Waals surface area contributed by atoms with E-state index in [-0.39, 0.29) is 12.1 Å². The number of hydrogen-bond acceptors (Lipinski definition) is 5. The van der Waals surface area contributed by atoms with Crippen LogP contribution in [0.15, 0.2) is 24.5 Å². The van der Waals surface area contributed by atoms with E-state index in [4.69, 9.17) is 4.74 Å². The molecule has 0 saturated carbocycles. The molecule has 1 fully saturated rings.